The van der Waals surface area contributed by atoms with Gasteiger partial charge < -0.3 is 20.1 Å². The van der Waals surface area contributed by atoms with Crippen molar-refractivity contribution in [2.24, 2.45) is 0 Å². The number of hydrogen-bond donors (Lipinski definition) is 3. The molecule has 150 valence electrons. The molecule has 0 fully saturated rings. The number of phenols is 2. The van der Waals surface area contributed by atoms with Gasteiger partial charge in [-0.2, -0.15) is 0 Å². The fourth-order valence-electron chi connectivity index (χ4n) is 2.82. The molecule has 0 aromatic heterocycles. The number of fused-ring (bicyclic) bond motifs is 1. The van der Waals surface area contributed by atoms with Crippen LogP contribution in [0.25, 0.3) is 0 Å². The summed E-state index contributed by atoms with van der Waals surface area (Å²) in [7, 11) is 0. The number of Topliss-reactive ketones (excluding diaryl/α,β-unsaturated/α-hetero) is 1. The summed E-state index contributed by atoms with van der Waals surface area (Å²) >= 11 is 0. The van der Waals surface area contributed by atoms with Crippen LogP contribution in [0.4, 0.5) is 0 Å². The smallest absolute Gasteiger partial charge is 0.333 e. The lowest BCUT2D eigenvalue weighted by Crippen LogP contribution is -2.31. The number of esters is 1. The lowest BCUT2D eigenvalue weighted by Gasteiger charge is -2.26. The van der Waals surface area contributed by atoms with E-state index in [1.54, 1.807) is 33.8 Å². The summed E-state index contributed by atoms with van der Waals surface area (Å²) in [6.07, 6.45) is 1.75. The van der Waals surface area contributed by atoms with Gasteiger partial charge in [0.15, 0.2) is 11.6 Å². The molecule has 28 heavy (non-hydrogen) atoms. The van der Waals surface area contributed by atoms with Crippen molar-refractivity contribution in [3.63, 3.8) is 0 Å². The van der Waals surface area contributed by atoms with Crippen LogP contribution >= 0.6 is 0 Å². The fraction of sp³-hybridized carbons (Fsp3) is 0.381. The lowest BCUT2D eigenvalue weighted by atomic mass is 9.84. The number of aromatic hydroxyl groups is 2. The molecule has 2 rings (SSSR count). The van der Waals surface area contributed by atoms with Gasteiger partial charge in [0, 0.05) is 11.1 Å². The molecule has 0 heterocycles. The van der Waals surface area contributed by atoms with Crippen molar-refractivity contribution in [1.29, 1.82) is 0 Å². The van der Waals surface area contributed by atoms with Crippen molar-refractivity contribution in [2.45, 2.75) is 52.2 Å². The van der Waals surface area contributed by atoms with Crippen molar-refractivity contribution in [3.05, 3.63) is 46.6 Å². The number of rotatable bonds is 6. The van der Waals surface area contributed by atoms with Gasteiger partial charge in [0.1, 0.15) is 17.6 Å². The number of allylic oxidation sites excluding steroid dienone is 2. The largest absolute Gasteiger partial charge is 0.507 e. The van der Waals surface area contributed by atoms with E-state index < -0.39 is 40.7 Å². The molecule has 1 aromatic rings. The van der Waals surface area contributed by atoms with E-state index in [4.69, 9.17) is 4.74 Å². The minimum absolute atomic E-state index is 0.0893. The van der Waals surface area contributed by atoms with Gasteiger partial charge >= 0.3 is 5.97 Å². The molecule has 0 spiro atoms. The van der Waals surface area contributed by atoms with Crippen LogP contribution in [0.15, 0.2) is 35.4 Å². The standard InChI is InChI=1S/C21H24O7/c1-5-11(2)20(26)28-16(8-9-21(3,4)27)12-10-15(24)17-13(22)6-7-14(23)18(17)19(12)25/h5-7,10,16,22-23,27H,8-9H2,1-4H3/b11-5+/t16-/m1/s1. The van der Waals surface area contributed by atoms with Gasteiger partial charge in [0.2, 0.25) is 0 Å². The normalized spacial score (nSPS) is 15.8. The molecule has 0 aliphatic heterocycles. The Morgan fingerprint density at radius 2 is 1.75 bits per heavy atom. The van der Waals surface area contributed by atoms with Gasteiger partial charge in [0.25, 0.3) is 0 Å². The summed E-state index contributed by atoms with van der Waals surface area (Å²) in [5.74, 6) is -2.92. The van der Waals surface area contributed by atoms with E-state index in [9.17, 15) is 29.7 Å². The quantitative estimate of drug-likeness (QED) is 0.389. The molecule has 0 radical (unpaired) electrons. The van der Waals surface area contributed by atoms with Crippen molar-refractivity contribution in [3.8, 4) is 11.5 Å². The first-order valence-electron chi connectivity index (χ1n) is 8.88. The Balaban J connectivity index is 2.47. The van der Waals surface area contributed by atoms with Gasteiger partial charge in [-0.1, -0.05) is 6.08 Å². The minimum atomic E-state index is -1.10. The lowest BCUT2D eigenvalue weighted by molar-refractivity contribution is -0.143. The van der Waals surface area contributed by atoms with Crippen molar-refractivity contribution >= 4 is 17.5 Å². The van der Waals surface area contributed by atoms with E-state index in [-0.39, 0.29) is 29.5 Å². The van der Waals surface area contributed by atoms with Gasteiger partial charge in [-0.15, -0.1) is 0 Å². The van der Waals surface area contributed by atoms with E-state index in [2.05, 4.69) is 0 Å². The number of benzene rings is 1. The first-order valence-corrected chi connectivity index (χ1v) is 8.88. The number of hydrogen-bond acceptors (Lipinski definition) is 7. The zero-order chi connectivity index (χ0) is 21.2. The number of carbonyl (C=O) groups excluding carboxylic acids is 3. The number of carbonyl (C=O) groups is 3. The molecule has 7 nitrogen and oxygen atoms in total. The first-order chi connectivity index (χ1) is 13.0. The van der Waals surface area contributed by atoms with E-state index in [0.29, 0.717) is 5.57 Å². The second kappa shape index (κ2) is 7.98. The van der Waals surface area contributed by atoms with Crippen LogP contribution in [-0.2, 0) is 9.53 Å². The Hall–Kier alpha value is -2.93. The summed E-state index contributed by atoms with van der Waals surface area (Å²) < 4.78 is 5.44. The zero-order valence-corrected chi connectivity index (χ0v) is 16.3. The zero-order valence-electron chi connectivity index (χ0n) is 16.3. The summed E-state index contributed by atoms with van der Waals surface area (Å²) in [5, 5.41) is 30.0. The average molecular weight is 388 g/mol. The minimum Gasteiger partial charge on any atom is -0.507 e. The van der Waals surface area contributed by atoms with Gasteiger partial charge in [-0.25, -0.2) is 4.79 Å². The van der Waals surface area contributed by atoms with Crippen molar-refractivity contribution in [1.82, 2.24) is 0 Å². The molecular formula is C21H24O7. The molecule has 0 amide bonds. The van der Waals surface area contributed by atoms with E-state index in [1.807, 2.05) is 0 Å². The Bertz CT molecular complexity index is 885. The first kappa shape index (κ1) is 21.4. The molecule has 7 heteroatoms. The van der Waals surface area contributed by atoms with Crippen LogP contribution < -0.4 is 0 Å². The predicted octanol–water partition coefficient (Wildman–Crippen LogP) is 2.83. The number of aliphatic hydroxyl groups is 1. The van der Waals surface area contributed by atoms with Crippen molar-refractivity contribution < 1.29 is 34.4 Å². The molecule has 0 unspecified atom stereocenters. The summed E-state index contributed by atoms with van der Waals surface area (Å²) in [4.78, 5) is 37.7. The Morgan fingerprint density at radius 1 is 1.18 bits per heavy atom. The van der Waals surface area contributed by atoms with E-state index in [0.717, 1.165) is 18.2 Å². The van der Waals surface area contributed by atoms with Gasteiger partial charge in [-0.05, 0) is 58.7 Å². The molecule has 1 atom stereocenters. The molecule has 1 aliphatic rings. The highest BCUT2D eigenvalue weighted by atomic mass is 16.5. The third-order valence-corrected chi connectivity index (χ3v) is 4.55. The highest BCUT2D eigenvalue weighted by Gasteiger charge is 2.36. The maximum atomic E-state index is 13.0. The molecular weight excluding hydrogens is 364 g/mol. The van der Waals surface area contributed by atoms with E-state index >= 15 is 0 Å². The third kappa shape index (κ3) is 4.48. The molecule has 0 saturated heterocycles. The maximum absolute atomic E-state index is 13.0. The molecule has 1 aromatic carbocycles. The summed E-state index contributed by atoms with van der Waals surface area (Å²) in [5.41, 5.74) is -1.48. The maximum Gasteiger partial charge on any atom is 0.333 e. The average Bonchev–Trinajstić information content (AvgIpc) is 2.61. The summed E-state index contributed by atoms with van der Waals surface area (Å²) in [6.45, 7) is 6.36. The SMILES string of the molecule is C/C=C(\C)C(=O)O[C@H](CCC(C)(C)O)C1=CC(=O)c2c(O)ccc(O)c2C1=O. The van der Waals surface area contributed by atoms with Gasteiger partial charge in [-0.3, -0.25) is 9.59 Å². The number of phenolic OH excluding ortho intramolecular Hbond substituents is 2. The highest BCUT2D eigenvalue weighted by molar-refractivity contribution is 6.27. The van der Waals surface area contributed by atoms with Crippen LogP contribution in [0, 0.1) is 0 Å². The second-order valence-corrected chi connectivity index (χ2v) is 7.36. The van der Waals surface area contributed by atoms with Crippen LogP contribution in [0.5, 0.6) is 11.5 Å². The van der Waals surface area contributed by atoms with Crippen LogP contribution in [0.1, 0.15) is 61.3 Å². The van der Waals surface area contributed by atoms with Crippen LogP contribution in [0.2, 0.25) is 0 Å². The highest BCUT2D eigenvalue weighted by Crippen LogP contribution is 2.36. The second-order valence-electron chi connectivity index (χ2n) is 7.36. The monoisotopic (exact) mass is 388 g/mol. The topological polar surface area (TPSA) is 121 Å². The summed E-state index contributed by atoms with van der Waals surface area (Å²) in [6, 6.07) is 2.24. The van der Waals surface area contributed by atoms with E-state index in [1.165, 1.54) is 0 Å². The van der Waals surface area contributed by atoms with Crippen LogP contribution in [-0.4, -0.2) is 44.6 Å². The Labute approximate surface area is 163 Å². The van der Waals surface area contributed by atoms with Crippen LogP contribution in [0.3, 0.4) is 0 Å². The number of ketones is 2. The molecule has 1 aliphatic carbocycles. The molecule has 3 N–H and O–H groups in total. The Kier molecular flexibility index (Phi) is 6.09. The van der Waals surface area contributed by atoms with Crippen molar-refractivity contribution in [2.75, 3.05) is 0 Å². The Morgan fingerprint density at radius 3 is 2.29 bits per heavy atom. The fourth-order valence-corrected chi connectivity index (χ4v) is 2.82. The predicted molar refractivity (Wildman–Crippen MR) is 101 cm³/mol. The molecule has 0 saturated carbocycles. The van der Waals surface area contributed by atoms with Gasteiger partial charge in [0.05, 0.1) is 16.7 Å². The molecule has 0 bridgehead atoms. The third-order valence-electron chi connectivity index (χ3n) is 4.55. The number of ether oxygens (including phenoxy) is 1.